The van der Waals surface area contributed by atoms with Gasteiger partial charge in [0.2, 0.25) is 0 Å². The van der Waals surface area contributed by atoms with Gasteiger partial charge in [0.05, 0.1) is 6.42 Å². The van der Waals surface area contributed by atoms with Crippen LogP contribution in [0.3, 0.4) is 0 Å². The molecule has 0 saturated heterocycles. The van der Waals surface area contributed by atoms with Crippen molar-refractivity contribution in [3.05, 3.63) is 0 Å². The normalized spacial score (nSPS) is 12.8. The molecule has 0 radical (unpaired) electrons. The highest BCUT2D eigenvalue weighted by molar-refractivity contribution is 7.86. The van der Waals surface area contributed by atoms with E-state index in [-0.39, 0.29) is 24.9 Å². The standard InChI is InChI=1S/C13H28N2O4S/c1-6-12(7-2)15(10-11(3)4)20(18,19)14(5)9-8-13(16)17/h11-12H,6-10H2,1-5H3,(H,16,17). The minimum Gasteiger partial charge on any atom is -0.481 e. The molecule has 0 bridgehead atoms. The SMILES string of the molecule is CCC(CC)N(CC(C)C)S(=O)(=O)N(C)CCC(=O)O. The molecule has 20 heavy (non-hydrogen) atoms. The van der Waals surface area contributed by atoms with E-state index < -0.39 is 16.2 Å². The number of aliphatic carboxylic acids is 1. The van der Waals surface area contributed by atoms with Gasteiger partial charge >= 0.3 is 5.97 Å². The Balaban J connectivity index is 5.15. The molecule has 6 nitrogen and oxygen atoms in total. The van der Waals surface area contributed by atoms with E-state index in [0.29, 0.717) is 6.54 Å². The molecule has 0 spiro atoms. The molecule has 0 aliphatic rings. The second kappa shape index (κ2) is 8.59. The number of carboxylic acids is 1. The number of carbonyl (C=O) groups is 1. The first-order chi connectivity index (χ1) is 9.16. The zero-order chi connectivity index (χ0) is 15.9. The molecule has 0 heterocycles. The maximum Gasteiger partial charge on any atom is 0.304 e. The fourth-order valence-corrected chi connectivity index (χ4v) is 3.88. The summed E-state index contributed by atoms with van der Waals surface area (Å²) < 4.78 is 27.8. The van der Waals surface area contributed by atoms with Crippen LogP contribution >= 0.6 is 0 Å². The topological polar surface area (TPSA) is 77.9 Å². The summed E-state index contributed by atoms with van der Waals surface area (Å²) in [4.78, 5) is 10.6. The van der Waals surface area contributed by atoms with Crippen molar-refractivity contribution in [1.82, 2.24) is 8.61 Å². The van der Waals surface area contributed by atoms with Gasteiger partial charge < -0.3 is 5.11 Å². The van der Waals surface area contributed by atoms with E-state index >= 15 is 0 Å². The van der Waals surface area contributed by atoms with E-state index in [2.05, 4.69) is 0 Å². The third kappa shape index (κ3) is 5.76. The van der Waals surface area contributed by atoms with Gasteiger partial charge in [0, 0.05) is 26.2 Å². The van der Waals surface area contributed by atoms with Crippen LogP contribution in [0.2, 0.25) is 0 Å². The highest BCUT2D eigenvalue weighted by Gasteiger charge is 2.32. The molecule has 7 heteroatoms. The van der Waals surface area contributed by atoms with Crippen LogP contribution in [-0.4, -0.2) is 54.3 Å². The van der Waals surface area contributed by atoms with Crippen molar-refractivity contribution in [2.75, 3.05) is 20.1 Å². The summed E-state index contributed by atoms with van der Waals surface area (Å²) in [5, 5.41) is 8.68. The lowest BCUT2D eigenvalue weighted by molar-refractivity contribution is -0.137. The molecule has 0 saturated carbocycles. The number of carboxylic acid groups (broad SMARTS) is 1. The van der Waals surface area contributed by atoms with Gasteiger partial charge in [0.1, 0.15) is 0 Å². The van der Waals surface area contributed by atoms with Crippen molar-refractivity contribution < 1.29 is 18.3 Å². The molecule has 1 N–H and O–H groups in total. The summed E-state index contributed by atoms with van der Waals surface area (Å²) in [5.41, 5.74) is 0. The average molecular weight is 308 g/mol. The van der Waals surface area contributed by atoms with Crippen LogP contribution in [0.1, 0.15) is 47.0 Å². The van der Waals surface area contributed by atoms with E-state index in [9.17, 15) is 13.2 Å². The first-order valence-electron chi connectivity index (χ1n) is 7.11. The fourth-order valence-electron chi connectivity index (χ4n) is 2.03. The lowest BCUT2D eigenvalue weighted by atomic mass is 10.1. The smallest absolute Gasteiger partial charge is 0.304 e. The second-order valence-corrected chi connectivity index (χ2v) is 7.39. The van der Waals surface area contributed by atoms with Crippen LogP contribution in [0.15, 0.2) is 0 Å². The summed E-state index contributed by atoms with van der Waals surface area (Å²) in [6.07, 6.45) is 1.30. The highest BCUT2D eigenvalue weighted by Crippen LogP contribution is 2.18. The van der Waals surface area contributed by atoms with E-state index in [0.717, 1.165) is 17.1 Å². The molecule has 0 aromatic carbocycles. The second-order valence-electron chi connectivity index (χ2n) is 5.41. The first-order valence-corrected chi connectivity index (χ1v) is 8.51. The molecule has 0 fully saturated rings. The largest absolute Gasteiger partial charge is 0.481 e. The number of hydrogen-bond acceptors (Lipinski definition) is 3. The van der Waals surface area contributed by atoms with Crippen molar-refractivity contribution in [3.63, 3.8) is 0 Å². The van der Waals surface area contributed by atoms with Crippen molar-refractivity contribution in [3.8, 4) is 0 Å². The van der Waals surface area contributed by atoms with Crippen LogP contribution < -0.4 is 0 Å². The molecule has 0 aliphatic carbocycles. The summed E-state index contributed by atoms with van der Waals surface area (Å²) in [5.74, 6) is -0.775. The van der Waals surface area contributed by atoms with Crippen molar-refractivity contribution in [1.29, 1.82) is 0 Å². The Morgan fingerprint density at radius 3 is 2.05 bits per heavy atom. The Labute approximate surface area is 122 Å². The summed E-state index contributed by atoms with van der Waals surface area (Å²) in [7, 11) is -2.17. The van der Waals surface area contributed by atoms with Gasteiger partial charge in [-0.25, -0.2) is 0 Å². The van der Waals surface area contributed by atoms with E-state index in [1.165, 1.54) is 11.4 Å². The van der Waals surface area contributed by atoms with Crippen LogP contribution in [0.5, 0.6) is 0 Å². The van der Waals surface area contributed by atoms with Crippen molar-refractivity contribution in [2.45, 2.75) is 53.0 Å². The molecule has 0 amide bonds. The van der Waals surface area contributed by atoms with E-state index in [1.807, 2.05) is 27.7 Å². The predicted molar refractivity (Wildman–Crippen MR) is 79.7 cm³/mol. The lowest BCUT2D eigenvalue weighted by Gasteiger charge is -2.34. The summed E-state index contributed by atoms with van der Waals surface area (Å²) in [6.45, 7) is 8.32. The average Bonchev–Trinajstić information content (AvgIpc) is 2.35. The Hall–Kier alpha value is -0.660. The third-order valence-electron chi connectivity index (χ3n) is 3.23. The van der Waals surface area contributed by atoms with Gasteiger partial charge in [0.15, 0.2) is 0 Å². The first kappa shape index (κ1) is 19.3. The van der Waals surface area contributed by atoms with Gasteiger partial charge in [-0.05, 0) is 18.8 Å². The van der Waals surface area contributed by atoms with Gasteiger partial charge in [-0.3, -0.25) is 4.79 Å². The quantitative estimate of drug-likeness (QED) is 0.667. The van der Waals surface area contributed by atoms with Crippen LogP contribution in [-0.2, 0) is 15.0 Å². The molecule has 0 aliphatic heterocycles. The van der Waals surface area contributed by atoms with Crippen LogP contribution in [0.4, 0.5) is 0 Å². The maximum absolute atomic E-state index is 12.6. The van der Waals surface area contributed by atoms with E-state index in [1.54, 1.807) is 0 Å². The molecule has 0 unspecified atom stereocenters. The highest BCUT2D eigenvalue weighted by atomic mass is 32.2. The Kier molecular flexibility index (Phi) is 8.30. The summed E-state index contributed by atoms with van der Waals surface area (Å²) >= 11 is 0. The van der Waals surface area contributed by atoms with Crippen molar-refractivity contribution >= 4 is 16.2 Å². The predicted octanol–water partition coefficient (Wildman–Crippen LogP) is 1.78. The monoisotopic (exact) mass is 308 g/mol. The fraction of sp³-hybridized carbons (Fsp3) is 0.923. The zero-order valence-corrected chi connectivity index (χ0v) is 14.0. The molecule has 0 aromatic rings. The van der Waals surface area contributed by atoms with Gasteiger partial charge in [-0.2, -0.15) is 17.0 Å². The molecular weight excluding hydrogens is 280 g/mol. The molecule has 0 rings (SSSR count). The van der Waals surface area contributed by atoms with Crippen LogP contribution in [0.25, 0.3) is 0 Å². The molecule has 120 valence electrons. The maximum atomic E-state index is 12.6. The number of nitrogens with zero attached hydrogens (tertiary/aromatic N) is 2. The Bertz CT molecular complexity index is 391. The summed E-state index contributed by atoms with van der Waals surface area (Å²) in [6, 6.07) is -0.0466. The molecule has 0 aromatic heterocycles. The molecular formula is C13H28N2O4S. The van der Waals surface area contributed by atoms with E-state index in [4.69, 9.17) is 5.11 Å². The van der Waals surface area contributed by atoms with Gasteiger partial charge in [0.25, 0.3) is 10.2 Å². The Morgan fingerprint density at radius 1 is 1.20 bits per heavy atom. The zero-order valence-electron chi connectivity index (χ0n) is 13.2. The minimum atomic E-state index is -3.61. The van der Waals surface area contributed by atoms with Gasteiger partial charge in [-0.15, -0.1) is 0 Å². The van der Waals surface area contributed by atoms with Crippen LogP contribution in [0, 0.1) is 5.92 Å². The number of hydrogen-bond donors (Lipinski definition) is 1. The minimum absolute atomic E-state index is 0.00753. The third-order valence-corrected chi connectivity index (χ3v) is 5.24. The lowest BCUT2D eigenvalue weighted by Crippen LogP contribution is -2.48. The number of rotatable bonds is 10. The van der Waals surface area contributed by atoms with Gasteiger partial charge in [-0.1, -0.05) is 27.7 Å². The van der Waals surface area contributed by atoms with Crippen molar-refractivity contribution in [2.24, 2.45) is 5.92 Å². The Morgan fingerprint density at radius 2 is 1.70 bits per heavy atom. The molecule has 0 atom stereocenters.